The van der Waals surface area contributed by atoms with Crippen LogP contribution in [0.2, 0.25) is 0 Å². The summed E-state index contributed by atoms with van der Waals surface area (Å²) in [7, 11) is -4.45. The van der Waals surface area contributed by atoms with Crippen molar-refractivity contribution in [1.82, 2.24) is 0 Å². The third-order valence-electron chi connectivity index (χ3n) is 4.50. The molecule has 1 aliphatic rings. The Kier molecular flexibility index (Phi) is 5.56. The summed E-state index contributed by atoms with van der Waals surface area (Å²) in [5, 5.41) is 0.370. The number of nitrogens with two attached hydrogens (primary N) is 1. The largest absolute Gasteiger partial charge is 0.416 e. The molecule has 1 unspecified atom stereocenters. The number of halogens is 4. The Hall–Kier alpha value is -2.27. The van der Waals surface area contributed by atoms with Crippen molar-refractivity contribution in [2.24, 2.45) is 10.7 Å². The van der Waals surface area contributed by atoms with Gasteiger partial charge in [0.2, 0.25) is 0 Å². The lowest BCUT2D eigenvalue weighted by Crippen LogP contribution is -2.29. The van der Waals surface area contributed by atoms with Crippen molar-refractivity contribution >= 4 is 32.6 Å². The van der Waals surface area contributed by atoms with Crippen molar-refractivity contribution in [3.63, 3.8) is 0 Å². The Morgan fingerprint density at radius 3 is 2.59 bits per heavy atom. The van der Waals surface area contributed by atoms with Crippen LogP contribution >= 0.6 is 11.8 Å². The van der Waals surface area contributed by atoms with Crippen LogP contribution < -0.4 is 10.5 Å². The van der Waals surface area contributed by atoms with Crippen LogP contribution in [0.15, 0.2) is 52.4 Å². The molecule has 0 aliphatic carbocycles. The van der Waals surface area contributed by atoms with Gasteiger partial charge in [0.25, 0.3) is 10.0 Å². The molecule has 156 valence electrons. The molecule has 5 nitrogen and oxygen atoms in total. The van der Waals surface area contributed by atoms with Crippen LogP contribution in [-0.4, -0.2) is 19.3 Å². The van der Waals surface area contributed by atoms with E-state index in [1.165, 1.54) is 23.9 Å². The van der Waals surface area contributed by atoms with E-state index < -0.39 is 38.0 Å². The van der Waals surface area contributed by atoms with Gasteiger partial charge in [0.15, 0.2) is 5.17 Å². The second-order valence-corrected chi connectivity index (χ2v) is 9.45. The van der Waals surface area contributed by atoms with Gasteiger partial charge in [0.05, 0.1) is 21.7 Å². The quantitative estimate of drug-likeness (QED) is 0.684. The van der Waals surface area contributed by atoms with Crippen LogP contribution in [0.1, 0.15) is 24.5 Å². The van der Waals surface area contributed by atoms with E-state index in [-0.39, 0.29) is 5.69 Å². The molecule has 1 atom stereocenters. The molecule has 0 saturated carbocycles. The maximum absolute atomic E-state index is 14.3. The van der Waals surface area contributed by atoms with Gasteiger partial charge in [0.1, 0.15) is 5.82 Å². The number of hydrogen-bond acceptors (Lipinski definition) is 5. The van der Waals surface area contributed by atoms with E-state index in [0.717, 1.165) is 24.3 Å². The van der Waals surface area contributed by atoms with Gasteiger partial charge in [-0.3, -0.25) is 9.71 Å². The zero-order valence-electron chi connectivity index (χ0n) is 15.1. The summed E-state index contributed by atoms with van der Waals surface area (Å²) in [6.07, 6.45) is -4.11. The molecule has 1 heterocycles. The maximum atomic E-state index is 14.3. The number of nitrogens with one attached hydrogen (secondary N) is 1. The maximum Gasteiger partial charge on any atom is 0.416 e. The summed E-state index contributed by atoms with van der Waals surface area (Å²) in [4.78, 5) is 3.76. The molecule has 3 N–H and O–H groups in total. The van der Waals surface area contributed by atoms with Crippen molar-refractivity contribution in [1.29, 1.82) is 0 Å². The molecular weight excluding hydrogens is 430 g/mol. The van der Waals surface area contributed by atoms with Crippen LogP contribution in [0.4, 0.5) is 23.2 Å². The third kappa shape index (κ3) is 4.67. The van der Waals surface area contributed by atoms with E-state index in [9.17, 15) is 26.0 Å². The third-order valence-corrected chi connectivity index (χ3v) is 6.66. The minimum absolute atomic E-state index is 0.370. The van der Waals surface area contributed by atoms with Gasteiger partial charge in [-0.2, -0.15) is 13.2 Å². The zero-order chi connectivity index (χ0) is 21.4. The fourth-order valence-corrected chi connectivity index (χ4v) is 4.95. The first-order valence-corrected chi connectivity index (χ1v) is 10.9. The number of nitrogens with zero attached hydrogens (tertiary/aromatic N) is 1. The molecule has 0 fully saturated rings. The van der Waals surface area contributed by atoms with Crippen LogP contribution in [0.5, 0.6) is 0 Å². The Morgan fingerprint density at radius 2 is 1.93 bits per heavy atom. The summed E-state index contributed by atoms with van der Waals surface area (Å²) >= 11 is 1.38. The predicted molar refractivity (Wildman–Crippen MR) is 105 cm³/mol. The summed E-state index contributed by atoms with van der Waals surface area (Å²) in [6, 6.07) is 7.07. The Morgan fingerprint density at radius 1 is 1.21 bits per heavy atom. The highest BCUT2D eigenvalue weighted by Gasteiger charge is 2.33. The van der Waals surface area contributed by atoms with E-state index in [4.69, 9.17) is 5.73 Å². The number of aliphatic imine (C=N–C) groups is 1. The van der Waals surface area contributed by atoms with Crippen LogP contribution in [0.3, 0.4) is 0 Å². The second kappa shape index (κ2) is 7.52. The molecule has 2 aromatic carbocycles. The molecule has 0 spiro atoms. The minimum atomic E-state index is -4.71. The van der Waals surface area contributed by atoms with Gasteiger partial charge in [-0.15, -0.1) is 0 Å². The number of hydrogen-bond donors (Lipinski definition) is 2. The SMILES string of the molecule is CC1(c2ccc(F)c(NS(=O)(=O)c3cccc(C(F)(F)F)c3)c2)CCSC(N)=N1. The van der Waals surface area contributed by atoms with Gasteiger partial charge < -0.3 is 5.73 Å². The van der Waals surface area contributed by atoms with Crippen molar-refractivity contribution < 1.29 is 26.0 Å². The normalized spacial score (nSPS) is 20.2. The van der Waals surface area contributed by atoms with E-state index in [0.29, 0.717) is 29.0 Å². The van der Waals surface area contributed by atoms with Crippen LogP contribution in [-0.2, 0) is 21.7 Å². The Bertz CT molecular complexity index is 1070. The molecule has 0 aromatic heterocycles. The topological polar surface area (TPSA) is 84.5 Å². The highest BCUT2D eigenvalue weighted by atomic mass is 32.2. The summed E-state index contributed by atoms with van der Waals surface area (Å²) in [6.45, 7) is 1.79. The summed E-state index contributed by atoms with van der Waals surface area (Å²) < 4.78 is 80.1. The Balaban J connectivity index is 1.97. The molecular formula is C18H17F4N3O2S2. The number of amidine groups is 1. The molecule has 29 heavy (non-hydrogen) atoms. The standard InChI is InChI=1S/C18H17F4N3O2S2/c1-17(7-8-28-16(23)24-17)11-5-6-14(19)15(10-11)25-29(26,27)13-4-2-3-12(9-13)18(20,21)22/h2-6,9-10,25H,7-8H2,1H3,(H2,23,24). The fourth-order valence-electron chi connectivity index (χ4n) is 2.88. The lowest BCUT2D eigenvalue weighted by molar-refractivity contribution is -0.137. The van der Waals surface area contributed by atoms with Gasteiger partial charge in [-0.05, 0) is 49.2 Å². The molecule has 0 saturated heterocycles. The average Bonchev–Trinajstić information content (AvgIpc) is 2.62. The van der Waals surface area contributed by atoms with Crippen molar-refractivity contribution in [2.75, 3.05) is 10.5 Å². The first-order chi connectivity index (χ1) is 13.4. The molecule has 3 rings (SSSR count). The molecule has 0 radical (unpaired) electrons. The lowest BCUT2D eigenvalue weighted by Gasteiger charge is -2.30. The average molecular weight is 447 g/mol. The van der Waals surface area contributed by atoms with Crippen molar-refractivity contribution in [2.45, 2.75) is 30.0 Å². The van der Waals surface area contributed by atoms with Crippen LogP contribution in [0, 0.1) is 5.82 Å². The summed E-state index contributed by atoms with van der Waals surface area (Å²) in [5.41, 5.74) is 4.04. The van der Waals surface area contributed by atoms with Crippen molar-refractivity contribution in [3.8, 4) is 0 Å². The van der Waals surface area contributed by atoms with Gasteiger partial charge in [-0.1, -0.05) is 23.9 Å². The minimum Gasteiger partial charge on any atom is -0.379 e. The summed E-state index contributed by atoms with van der Waals surface area (Å²) in [5.74, 6) is -0.177. The monoisotopic (exact) mass is 447 g/mol. The molecule has 1 aliphatic heterocycles. The number of alkyl halides is 3. The smallest absolute Gasteiger partial charge is 0.379 e. The van der Waals surface area contributed by atoms with Gasteiger partial charge in [0, 0.05) is 5.75 Å². The van der Waals surface area contributed by atoms with Crippen LogP contribution in [0.25, 0.3) is 0 Å². The van der Waals surface area contributed by atoms with Gasteiger partial charge >= 0.3 is 6.18 Å². The molecule has 11 heteroatoms. The number of anilines is 1. The number of sulfonamides is 1. The number of benzene rings is 2. The fraction of sp³-hybridized carbons (Fsp3) is 0.278. The first kappa shape index (κ1) is 21.4. The predicted octanol–water partition coefficient (Wildman–Crippen LogP) is 4.31. The number of thioether (sulfide) groups is 1. The van der Waals surface area contributed by atoms with E-state index in [2.05, 4.69) is 4.99 Å². The number of rotatable bonds is 4. The highest BCUT2D eigenvalue weighted by molar-refractivity contribution is 8.13. The Labute approximate surface area is 169 Å². The molecule has 0 bridgehead atoms. The van der Waals surface area contributed by atoms with Crippen molar-refractivity contribution in [3.05, 3.63) is 59.4 Å². The van der Waals surface area contributed by atoms with E-state index >= 15 is 0 Å². The lowest BCUT2D eigenvalue weighted by atomic mass is 9.89. The van der Waals surface area contributed by atoms with Gasteiger partial charge in [-0.25, -0.2) is 12.8 Å². The van der Waals surface area contributed by atoms with E-state index in [1.54, 1.807) is 6.92 Å². The molecule has 2 aromatic rings. The first-order valence-electron chi connectivity index (χ1n) is 8.39. The molecule has 0 amide bonds. The van der Waals surface area contributed by atoms with E-state index in [1.807, 2.05) is 4.72 Å². The zero-order valence-corrected chi connectivity index (χ0v) is 16.8. The highest BCUT2D eigenvalue weighted by Crippen LogP contribution is 2.37. The second-order valence-electron chi connectivity index (χ2n) is 6.65.